The molecular formula is C40H80O22. The summed E-state index contributed by atoms with van der Waals surface area (Å²) in [6.07, 6.45) is -31.5. The molecule has 0 aliphatic heterocycles. The lowest BCUT2D eigenvalue weighted by Crippen LogP contribution is -2.72. The van der Waals surface area contributed by atoms with Gasteiger partial charge in [-0.3, -0.25) is 4.79 Å². The van der Waals surface area contributed by atoms with Crippen LogP contribution in [-0.4, -0.2) is 240 Å². The minimum atomic E-state index is -3.10. The van der Waals surface area contributed by atoms with E-state index < -0.39 is 224 Å². The second-order valence-electron chi connectivity index (χ2n) is 17.4. The summed E-state index contributed by atoms with van der Waals surface area (Å²) in [5.74, 6) is -2.06. The summed E-state index contributed by atoms with van der Waals surface area (Å²) in [4.78, 5) is 14.6. The molecule has 0 aliphatic rings. The third-order valence-electron chi connectivity index (χ3n) is 13.2. The summed E-state index contributed by atoms with van der Waals surface area (Å²) in [6.45, 7) is -10.2. The minimum Gasteiger partial charge on any atom is -0.481 e. The quantitative estimate of drug-likeness (QED) is 0.0274. The van der Waals surface area contributed by atoms with Crippen LogP contribution in [0.2, 0.25) is 0 Å². The maximum atomic E-state index is 14.6. The van der Waals surface area contributed by atoms with Gasteiger partial charge in [0.2, 0.25) is 0 Å². The number of hydrogen-bond donors (Lipinski definition) is 21. The smallest absolute Gasteiger partial charge is 0.310 e. The summed E-state index contributed by atoms with van der Waals surface area (Å²) in [6, 6.07) is 0. The number of aliphatic hydroxyl groups is 20. The molecule has 0 rings (SSSR count). The summed E-state index contributed by atoms with van der Waals surface area (Å²) in [5.41, 5.74) is -13.7. The van der Waals surface area contributed by atoms with Gasteiger partial charge in [-0.15, -0.1) is 0 Å². The van der Waals surface area contributed by atoms with Crippen molar-refractivity contribution in [3.63, 3.8) is 0 Å². The molecule has 0 radical (unpaired) electrons. The van der Waals surface area contributed by atoms with Gasteiger partial charge < -0.3 is 107 Å². The van der Waals surface area contributed by atoms with Gasteiger partial charge in [-0.2, -0.15) is 0 Å². The molecule has 0 aromatic heterocycles. The van der Waals surface area contributed by atoms with Gasteiger partial charge in [0, 0.05) is 0 Å². The van der Waals surface area contributed by atoms with Crippen molar-refractivity contribution in [3.8, 4) is 0 Å². The second-order valence-corrected chi connectivity index (χ2v) is 17.4. The Morgan fingerprint density at radius 2 is 0.581 bits per heavy atom. The van der Waals surface area contributed by atoms with E-state index in [1.807, 2.05) is 0 Å². The van der Waals surface area contributed by atoms with E-state index in [1.165, 1.54) is 0 Å². The van der Waals surface area contributed by atoms with Gasteiger partial charge in [0.15, 0.2) is 0 Å². The number of carboxylic acid groups (broad SMARTS) is 1. The van der Waals surface area contributed by atoms with Crippen molar-refractivity contribution >= 4 is 5.97 Å². The van der Waals surface area contributed by atoms with Crippen molar-refractivity contribution in [3.05, 3.63) is 0 Å². The number of hydrogen-bond acceptors (Lipinski definition) is 21. The molecule has 0 saturated heterocycles. The Labute approximate surface area is 362 Å². The van der Waals surface area contributed by atoms with Crippen LogP contribution in [0.4, 0.5) is 0 Å². The molecule has 62 heavy (non-hydrogen) atoms. The van der Waals surface area contributed by atoms with E-state index in [0.29, 0.717) is 0 Å². The van der Waals surface area contributed by atoms with Crippen molar-refractivity contribution in [2.24, 2.45) is 27.1 Å². The first-order chi connectivity index (χ1) is 29.0. The van der Waals surface area contributed by atoms with Crippen LogP contribution in [0.15, 0.2) is 0 Å². The first-order valence-corrected chi connectivity index (χ1v) is 21.2. The lowest BCUT2D eigenvalue weighted by atomic mass is 9.31. The van der Waals surface area contributed by atoms with Gasteiger partial charge in [-0.05, 0) is 92.3 Å². The zero-order valence-electron chi connectivity index (χ0n) is 35.8. The Hall–Kier alpha value is -1.33. The Bertz CT molecular complexity index is 1140. The van der Waals surface area contributed by atoms with E-state index in [-0.39, 0.29) is 19.3 Å². The monoisotopic (exact) mass is 913 g/mol. The first kappa shape index (κ1) is 60.7. The number of unbranched alkanes of at least 4 members (excludes halogenated alkanes) is 1. The molecule has 21 N–H and O–H groups in total. The van der Waals surface area contributed by atoms with Crippen LogP contribution in [0.25, 0.3) is 0 Å². The molecule has 0 saturated carbocycles. The highest BCUT2D eigenvalue weighted by atomic mass is 16.4. The molecule has 372 valence electrons. The fourth-order valence-corrected chi connectivity index (χ4v) is 11.1. The summed E-state index contributed by atoms with van der Waals surface area (Å²) in [7, 11) is 0. The van der Waals surface area contributed by atoms with E-state index in [0.717, 1.165) is 0 Å². The molecule has 0 amide bonds. The molecule has 0 bridgehead atoms. The van der Waals surface area contributed by atoms with Gasteiger partial charge in [0.05, 0.1) is 133 Å². The molecule has 0 aromatic rings. The highest BCUT2D eigenvalue weighted by molar-refractivity contribution is 5.76. The lowest BCUT2D eigenvalue weighted by Gasteiger charge is -2.73. The molecule has 22 nitrogen and oxygen atoms in total. The Kier molecular flexibility index (Phi) is 28.0. The maximum Gasteiger partial charge on any atom is 0.310 e. The summed E-state index contributed by atoms with van der Waals surface area (Å²) in [5, 5.41) is 234. The third-order valence-corrected chi connectivity index (χ3v) is 13.2. The fourth-order valence-electron chi connectivity index (χ4n) is 11.1. The predicted molar refractivity (Wildman–Crippen MR) is 216 cm³/mol. The Morgan fingerprint density at radius 3 is 0.823 bits per heavy atom. The summed E-state index contributed by atoms with van der Waals surface area (Å²) >= 11 is 0. The van der Waals surface area contributed by atoms with Crippen LogP contribution in [0.3, 0.4) is 0 Å². The number of aliphatic carboxylic acids is 1. The lowest BCUT2D eigenvalue weighted by molar-refractivity contribution is -0.289. The van der Waals surface area contributed by atoms with E-state index in [2.05, 4.69) is 0 Å². The minimum absolute atomic E-state index is 0.0474. The average molecular weight is 913 g/mol. The van der Waals surface area contributed by atoms with Gasteiger partial charge in [-0.25, -0.2) is 0 Å². The molecular weight excluding hydrogens is 832 g/mol. The van der Waals surface area contributed by atoms with Crippen LogP contribution in [-0.2, 0) is 4.79 Å². The molecule has 10 atom stereocenters. The standard InChI is InChI=1S/C40H80O22/c1-2-3-4-36(5-25(51)15-41,6-26(52)16-42)38(9-29(55)19-45,10-30(56)20-46)40(13-33(59)23-49,14-34(60)24-50)39(11-31(57)21-47,12-32(58)22-48)37(35(61)62,7-27(53)17-43)8-28(54)18-44/h25-34,41-60H,2-24H2,1H3,(H,61,62). The van der Waals surface area contributed by atoms with Crippen LogP contribution in [0.5, 0.6) is 0 Å². The van der Waals surface area contributed by atoms with Crippen molar-refractivity contribution in [2.45, 2.75) is 151 Å². The van der Waals surface area contributed by atoms with Crippen molar-refractivity contribution in [1.29, 1.82) is 0 Å². The number of carboxylic acids is 1. The largest absolute Gasteiger partial charge is 0.481 e. The molecule has 0 spiro atoms. The van der Waals surface area contributed by atoms with Crippen LogP contribution < -0.4 is 0 Å². The van der Waals surface area contributed by atoms with Gasteiger partial charge in [-0.1, -0.05) is 19.8 Å². The fraction of sp³-hybridized carbons (Fsp3) is 0.975. The van der Waals surface area contributed by atoms with E-state index >= 15 is 0 Å². The third kappa shape index (κ3) is 14.6. The van der Waals surface area contributed by atoms with Gasteiger partial charge in [0.25, 0.3) is 0 Å². The van der Waals surface area contributed by atoms with E-state index in [1.54, 1.807) is 6.92 Å². The van der Waals surface area contributed by atoms with E-state index in [4.69, 9.17) is 0 Å². The maximum absolute atomic E-state index is 14.6. The second kappa shape index (κ2) is 28.7. The van der Waals surface area contributed by atoms with Crippen molar-refractivity contribution < 1.29 is 112 Å². The number of rotatable bonds is 38. The molecule has 10 unspecified atom stereocenters. The highest BCUT2D eigenvalue weighted by Gasteiger charge is 2.76. The van der Waals surface area contributed by atoms with Gasteiger partial charge in [0.1, 0.15) is 0 Å². The topological polar surface area (TPSA) is 442 Å². The number of carbonyl (C=O) groups is 1. The molecule has 0 aromatic carbocycles. The molecule has 22 heteroatoms. The van der Waals surface area contributed by atoms with Crippen LogP contribution in [0.1, 0.15) is 90.4 Å². The van der Waals surface area contributed by atoms with Crippen LogP contribution >= 0.6 is 0 Å². The zero-order valence-corrected chi connectivity index (χ0v) is 35.8. The predicted octanol–water partition coefficient (Wildman–Crippen LogP) is -6.37. The highest BCUT2D eigenvalue weighted by Crippen LogP contribution is 2.77. The van der Waals surface area contributed by atoms with Crippen molar-refractivity contribution in [2.75, 3.05) is 66.1 Å². The average Bonchev–Trinajstić information content (AvgIpc) is 3.25. The first-order valence-electron chi connectivity index (χ1n) is 21.2. The molecule has 0 heterocycles. The molecule has 0 fully saturated rings. The van der Waals surface area contributed by atoms with E-state index in [9.17, 15) is 112 Å². The van der Waals surface area contributed by atoms with Gasteiger partial charge >= 0.3 is 5.97 Å². The summed E-state index contributed by atoms with van der Waals surface area (Å²) < 4.78 is 0. The van der Waals surface area contributed by atoms with Crippen LogP contribution in [0, 0.1) is 27.1 Å². The Morgan fingerprint density at radius 1 is 0.355 bits per heavy atom. The SMILES string of the molecule is CCCCC(CC(O)CO)(CC(O)CO)C(CC(O)CO)(CC(O)CO)C(CC(O)CO)(CC(O)CO)C(CC(O)CO)(CC(O)CO)C(CC(O)CO)(CC(O)CO)C(=O)O. The Balaban J connectivity index is 11.0. The number of aliphatic hydroxyl groups excluding tert-OH is 20. The van der Waals surface area contributed by atoms with Crippen molar-refractivity contribution in [1.82, 2.24) is 0 Å². The zero-order chi connectivity index (χ0) is 48.1. The molecule has 0 aliphatic carbocycles. The normalized spacial score (nSPS) is 22.3.